The lowest BCUT2D eigenvalue weighted by Gasteiger charge is -2.36. The zero-order valence-corrected chi connectivity index (χ0v) is 20.5. The quantitative estimate of drug-likeness (QED) is 0.525. The lowest BCUT2D eigenvalue weighted by atomic mass is 9.96. The fraction of sp³-hybridized carbons (Fsp3) is 0.308. The van der Waals surface area contributed by atoms with Crippen molar-refractivity contribution < 1.29 is 17.5 Å². The van der Waals surface area contributed by atoms with E-state index in [1.165, 1.54) is 30.4 Å². The van der Waals surface area contributed by atoms with E-state index in [1.54, 1.807) is 0 Å². The number of benzene rings is 3. The highest BCUT2D eigenvalue weighted by atomic mass is 32.2. The molecule has 1 atom stereocenters. The Labute approximate surface area is 201 Å². The smallest absolute Gasteiger partial charge is 0.244 e. The number of nitrogens with zero attached hydrogens (tertiary/aromatic N) is 2. The molecule has 3 aromatic rings. The average molecular weight is 484 g/mol. The molecule has 0 unspecified atom stereocenters. The van der Waals surface area contributed by atoms with Gasteiger partial charge in [-0.05, 0) is 53.4 Å². The third-order valence-corrected chi connectivity index (χ3v) is 7.72. The summed E-state index contributed by atoms with van der Waals surface area (Å²) in [5.74, 6) is -0.530. The summed E-state index contributed by atoms with van der Waals surface area (Å²) in [4.78, 5) is 4.11. The molecule has 180 valence electrons. The van der Waals surface area contributed by atoms with Gasteiger partial charge in [-0.15, -0.1) is 0 Å². The first-order valence-electron chi connectivity index (χ1n) is 11.2. The summed E-state index contributed by atoms with van der Waals surface area (Å²) in [6, 6.07) is 19.8. The predicted molar refractivity (Wildman–Crippen MR) is 132 cm³/mol. The number of halogens is 1. The molecule has 0 aliphatic carbocycles. The van der Waals surface area contributed by atoms with Crippen LogP contribution in [0.15, 0.2) is 71.6 Å². The minimum absolute atomic E-state index is 0.104. The number of sulfonamides is 1. The number of rotatable bonds is 8. The average Bonchev–Trinajstić information content (AvgIpc) is 2.84. The van der Waals surface area contributed by atoms with Gasteiger partial charge in [-0.2, -0.15) is 0 Å². The molecule has 4 rings (SSSR count). The van der Waals surface area contributed by atoms with Crippen LogP contribution < -0.4 is 14.4 Å². The number of fused-ring (bicyclic) bond motifs is 1. The zero-order chi connectivity index (χ0) is 24.3. The van der Waals surface area contributed by atoms with E-state index in [0.717, 1.165) is 36.8 Å². The predicted octanol–water partition coefficient (Wildman–Crippen LogP) is 3.98. The van der Waals surface area contributed by atoms with E-state index in [2.05, 4.69) is 21.8 Å². The Kier molecular flexibility index (Phi) is 7.21. The molecule has 0 spiro atoms. The van der Waals surface area contributed by atoms with Gasteiger partial charge in [0.1, 0.15) is 16.5 Å². The van der Waals surface area contributed by atoms with Gasteiger partial charge >= 0.3 is 0 Å². The Balaban J connectivity index is 1.63. The first-order chi connectivity index (χ1) is 16.3. The molecular weight excluding hydrogens is 453 g/mol. The molecule has 1 aliphatic heterocycles. The Morgan fingerprint density at radius 1 is 1.06 bits per heavy atom. The fourth-order valence-corrected chi connectivity index (χ4v) is 5.58. The van der Waals surface area contributed by atoms with Crippen LogP contribution in [0.25, 0.3) is 0 Å². The summed E-state index contributed by atoms with van der Waals surface area (Å²) >= 11 is 0. The van der Waals surface area contributed by atoms with Crippen molar-refractivity contribution in [1.29, 1.82) is 0 Å². The van der Waals surface area contributed by atoms with E-state index in [0.29, 0.717) is 0 Å². The van der Waals surface area contributed by atoms with Crippen LogP contribution in [0, 0.1) is 5.82 Å². The molecule has 1 aliphatic rings. The number of hydrogen-bond donors (Lipinski definition) is 1. The van der Waals surface area contributed by atoms with Crippen molar-refractivity contribution in [2.45, 2.75) is 23.9 Å². The number of methoxy groups -OCH3 is 1. The van der Waals surface area contributed by atoms with Crippen molar-refractivity contribution in [2.24, 2.45) is 0 Å². The second-order valence-electron chi connectivity index (χ2n) is 8.64. The Morgan fingerprint density at radius 3 is 2.44 bits per heavy atom. The van der Waals surface area contributed by atoms with Crippen LogP contribution in [0.5, 0.6) is 5.75 Å². The van der Waals surface area contributed by atoms with Crippen molar-refractivity contribution in [3.63, 3.8) is 0 Å². The maximum atomic E-state index is 13.9. The topological polar surface area (TPSA) is 61.9 Å². The van der Waals surface area contributed by atoms with Crippen molar-refractivity contribution >= 4 is 15.7 Å². The molecule has 1 heterocycles. The summed E-state index contributed by atoms with van der Waals surface area (Å²) in [6.45, 7) is 1.68. The first-order valence-corrected chi connectivity index (χ1v) is 12.7. The Hall–Kier alpha value is -2.94. The minimum Gasteiger partial charge on any atom is -0.495 e. The number of hydrogen-bond acceptors (Lipinski definition) is 5. The lowest BCUT2D eigenvalue weighted by molar-refractivity contribution is 0.180. The molecule has 0 bridgehead atoms. The van der Waals surface area contributed by atoms with Crippen LogP contribution in [0.2, 0.25) is 0 Å². The highest BCUT2D eigenvalue weighted by Gasteiger charge is 2.28. The molecule has 0 aromatic heterocycles. The second kappa shape index (κ2) is 10.1. The first kappa shape index (κ1) is 24.2. The van der Waals surface area contributed by atoms with Gasteiger partial charge in [-0.1, -0.05) is 36.4 Å². The summed E-state index contributed by atoms with van der Waals surface area (Å²) in [5, 5.41) is 0. The van der Waals surface area contributed by atoms with Gasteiger partial charge in [-0.25, -0.2) is 17.5 Å². The van der Waals surface area contributed by atoms with Crippen LogP contribution in [0.3, 0.4) is 0 Å². The van der Waals surface area contributed by atoms with Gasteiger partial charge in [0.25, 0.3) is 0 Å². The molecule has 0 radical (unpaired) electrons. The summed E-state index contributed by atoms with van der Waals surface area (Å²) < 4.78 is 48.0. The molecule has 0 fully saturated rings. The third-order valence-electron chi connectivity index (χ3n) is 6.28. The van der Waals surface area contributed by atoms with Crippen LogP contribution in [0.4, 0.5) is 10.1 Å². The van der Waals surface area contributed by atoms with Crippen LogP contribution in [0.1, 0.15) is 22.7 Å². The normalized spacial score (nSPS) is 14.9. The molecule has 0 amide bonds. The van der Waals surface area contributed by atoms with Crippen LogP contribution in [-0.4, -0.2) is 47.6 Å². The summed E-state index contributed by atoms with van der Waals surface area (Å²) in [5.41, 5.74) is 4.65. The standard InChI is InChI=1S/C26H30FN3O3S/c1-29(2)23-11-8-20(9-12-23)24(30-15-14-19-6-4-5-7-21(19)18-30)17-28-34(31,32)26-16-22(27)10-13-25(26)33-3/h4-13,16,24,28H,14-15,17-18H2,1-3H3/t24-/m1/s1. The maximum absolute atomic E-state index is 13.9. The SMILES string of the molecule is COc1ccc(F)cc1S(=O)(=O)NC[C@H](c1ccc(N(C)C)cc1)N1CCc2ccccc2C1. The van der Waals surface area contributed by atoms with Gasteiger partial charge in [0.05, 0.1) is 7.11 Å². The van der Waals surface area contributed by atoms with Gasteiger partial charge < -0.3 is 9.64 Å². The molecule has 3 aromatic carbocycles. The molecule has 34 heavy (non-hydrogen) atoms. The molecule has 0 saturated heterocycles. The monoisotopic (exact) mass is 483 g/mol. The van der Waals surface area contributed by atoms with Crippen LogP contribution >= 0.6 is 0 Å². The molecular formula is C26H30FN3O3S. The Bertz CT molecular complexity index is 1250. The van der Waals surface area contributed by atoms with E-state index in [4.69, 9.17) is 4.74 Å². The minimum atomic E-state index is -4.00. The number of nitrogens with one attached hydrogen (secondary N) is 1. The summed E-state index contributed by atoms with van der Waals surface area (Å²) in [7, 11) is 1.33. The maximum Gasteiger partial charge on any atom is 0.244 e. The molecule has 6 nitrogen and oxygen atoms in total. The largest absolute Gasteiger partial charge is 0.495 e. The molecule has 1 N–H and O–H groups in total. The van der Waals surface area contributed by atoms with E-state index in [1.807, 2.05) is 55.4 Å². The highest BCUT2D eigenvalue weighted by Crippen LogP contribution is 2.30. The molecule has 8 heteroatoms. The zero-order valence-electron chi connectivity index (χ0n) is 19.7. The van der Waals surface area contributed by atoms with E-state index in [9.17, 15) is 12.8 Å². The van der Waals surface area contributed by atoms with Crippen molar-refractivity contribution in [3.05, 3.63) is 89.2 Å². The van der Waals surface area contributed by atoms with E-state index >= 15 is 0 Å². The van der Waals surface area contributed by atoms with Crippen molar-refractivity contribution in [2.75, 3.05) is 39.2 Å². The van der Waals surface area contributed by atoms with Gasteiger partial charge in [0, 0.05) is 45.5 Å². The summed E-state index contributed by atoms with van der Waals surface area (Å²) in [6.07, 6.45) is 0.896. The molecule has 0 saturated carbocycles. The van der Waals surface area contributed by atoms with E-state index < -0.39 is 15.8 Å². The van der Waals surface area contributed by atoms with Gasteiger partial charge in [0.15, 0.2) is 0 Å². The van der Waals surface area contributed by atoms with Gasteiger partial charge in [-0.3, -0.25) is 4.90 Å². The third kappa shape index (κ3) is 5.24. The number of ether oxygens (including phenoxy) is 1. The number of anilines is 1. The van der Waals surface area contributed by atoms with Crippen LogP contribution in [-0.2, 0) is 23.0 Å². The van der Waals surface area contributed by atoms with Gasteiger partial charge in [0.2, 0.25) is 10.0 Å². The Morgan fingerprint density at radius 2 is 1.76 bits per heavy atom. The van der Waals surface area contributed by atoms with Crippen molar-refractivity contribution in [3.8, 4) is 5.75 Å². The second-order valence-corrected chi connectivity index (χ2v) is 10.4. The fourth-order valence-electron chi connectivity index (χ4n) is 4.36. The van der Waals surface area contributed by atoms with E-state index in [-0.39, 0.29) is 23.2 Å². The van der Waals surface area contributed by atoms with Crippen molar-refractivity contribution in [1.82, 2.24) is 9.62 Å². The highest BCUT2D eigenvalue weighted by molar-refractivity contribution is 7.89. The lowest BCUT2D eigenvalue weighted by Crippen LogP contribution is -2.40.